The number of halogens is 1. The molecule has 0 fully saturated rings. The number of aliphatic imine (C=N–C) groups is 1. The summed E-state index contributed by atoms with van der Waals surface area (Å²) < 4.78 is 13.2. The van der Waals surface area contributed by atoms with Crippen molar-refractivity contribution in [2.75, 3.05) is 19.6 Å². The molecule has 0 saturated heterocycles. The molecular weight excluding hydrogens is 271 g/mol. The summed E-state index contributed by atoms with van der Waals surface area (Å²) in [5.41, 5.74) is 1.57. The highest BCUT2D eigenvalue weighted by Gasteiger charge is 2.00. The van der Waals surface area contributed by atoms with E-state index in [0.717, 1.165) is 12.1 Å². The zero-order valence-corrected chi connectivity index (χ0v) is 12.8. The maximum Gasteiger partial charge on any atom is 0.216 e. The molecule has 0 aliphatic heterocycles. The summed E-state index contributed by atoms with van der Waals surface area (Å²) in [5, 5.41) is 8.95. The molecule has 0 saturated carbocycles. The first kappa shape index (κ1) is 16.9. The van der Waals surface area contributed by atoms with Crippen LogP contribution in [0.4, 0.5) is 4.39 Å². The molecule has 5 nitrogen and oxygen atoms in total. The Morgan fingerprint density at radius 2 is 1.95 bits per heavy atom. The summed E-state index contributed by atoms with van der Waals surface area (Å²) in [6.45, 7) is 7.54. The maximum absolute atomic E-state index is 13.2. The molecule has 1 amide bonds. The van der Waals surface area contributed by atoms with E-state index in [1.54, 1.807) is 19.1 Å². The Bertz CT molecular complexity index is 502. The van der Waals surface area contributed by atoms with Crippen LogP contribution in [0.2, 0.25) is 0 Å². The van der Waals surface area contributed by atoms with Crippen LogP contribution in [0.15, 0.2) is 23.2 Å². The second-order valence-corrected chi connectivity index (χ2v) is 4.69. The van der Waals surface area contributed by atoms with Gasteiger partial charge in [0.25, 0.3) is 0 Å². The Balaban J connectivity index is 2.53. The first-order chi connectivity index (χ1) is 10.0. The van der Waals surface area contributed by atoms with Gasteiger partial charge in [0.05, 0.1) is 6.54 Å². The van der Waals surface area contributed by atoms with E-state index in [1.165, 1.54) is 13.0 Å². The van der Waals surface area contributed by atoms with Gasteiger partial charge in [-0.2, -0.15) is 0 Å². The molecular formula is C15H23FN4O. The number of carbonyl (C=O) groups excluding carboxylic acids is 1. The Morgan fingerprint density at radius 3 is 2.57 bits per heavy atom. The van der Waals surface area contributed by atoms with Crippen LogP contribution >= 0.6 is 0 Å². The first-order valence-electron chi connectivity index (χ1n) is 7.04. The van der Waals surface area contributed by atoms with Gasteiger partial charge in [-0.25, -0.2) is 9.38 Å². The van der Waals surface area contributed by atoms with Gasteiger partial charge in [0.15, 0.2) is 5.96 Å². The number of benzene rings is 1. The number of nitrogens with one attached hydrogen (secondary N) is 3. The molecule has 0 bridgehead atoms. The number of nitrogens with zero attached hydrogens (tertiary/aromatic N) is 1. The van der Waals surface area contributed by atoms with Gasteiger partial charge in [-0.3, -0.25) is 4.79 Å². The lowest BCUT2D eigenvalue weighted by Gasteiger charge is -2.11. The zero-order chi connectivity index (χ0) is 15.7. The zero-order valence-electron chi connectivity index (χ0n) is 12.8. The lowest BCUT2D eigenvalue weighted by atomic mass is 10.1. The average molecular weight is 294 g/mol. The molecule has 0 unspecified atom stereocenters. The highest BCUT2D eigenvalue weighted by molar-refractivity contribution is 5.79. The molecule has 1 aromatic carbocycles. The van der Waals surface area contributed by atoms with Gasteiger partial charge >= 0.3 is 0 Å². The molecule has 1 rings (SSSR count). The van der Waals surface area contributed by atoms with E-state index in [4.69, 9.17) is 0 Å². The van der Waals surface area contributed by atoms with Crippen molar-refractivity contribution in [3.63, 3.8) is 0 Å². The van der Waals surface area contributed by atoms with Crippen molar-refractivity contribution >= 4 is 11.9 Å². The molecule has 0 heterocycles. The Labute approximate surface area is 125 Å². The number of rotatable bonds is 6. The molecule has 0 radical (unpaired) electrons. The van der Waals surface area contributed by atoms with Crippen LogP contribution in [-0.2, 0) is 11.3 Å². The number of amides is 1. The molecule has 0 aromatic heterocycles. The number of guanidine groups is 1. The van der Waals surface area contributed by atoms with Gasteiger partial charge in [0, 0.05) is 26.6 Å². The SMILES string of the molecule is CCNC(=NCc1ccc(F)c(C)c1)NCCNC(C)=O. The van der Waals surface area contributed by atoms with Crippen LogP contribution in [0.1, 0.15) is 25.0 Å². The van der Waals surface area contributed by atoms with Crippen LogP contribution in [0.3, 0.4) is 0 Å². The van der Waals surface area contributed by atoms with E-state index in [9.17, 15) is 9.18 Å². The number of hydrogen-bond donors (Lipinski definition) is 3. The third-order valence-corrected chi connectivity index (χ3v) is 2.78. The van der Waals surface area contributed by atoms with Gasteiger partial charge in [-0.1, -0.05) is 12.1 Å². The van der Waals surface area contributed by atoms with Crippen molar-refractivity contribution in [3.05, 3.63) is 35.1 Å². The quantitative estimate of drug-likeness (QED) is 0.421. The standard InChI is InChI=1S/C15H23FN4O/c1-4-17-15(19-8-7-18-12(3)21)20-10-13-5-6-14(16)11(2)9-13/h5-6,9H,4,7-8,10H2,1-3H3,(H,18,21)(H2,17,19,20). The third kappa shape index (κ3) is 6.74. The summed E-state index contributed by atoms with van der Waals surface area (Å²) in [4.78, 5) is 15.2. The minimum atomic E-state index is -0.205. The Morgan fingerprint density at radius 1 is 1.24 bits per heavy atom. The van der Waals surface area contributed by atoms with Crippen molar-refractivity contribution in [1.82, 2.24) is 16.0 Å². The summed E-state index contributed by atoms with van der Waals surface area (Å²) in [6.07, 6.45) is 0. The maximum atomic E-state index is 13.2. The van der Waals surface area contributed by atoms with Crippen LogP contribution < -0.4 is 16.0 Å². The smallest absolute Gasteiger partial charge is 0.216 e. The van der Waals surface area contributed by atoms with Gasteiger partial charge in [0.2, 0.25) is 5.91 Å². The summed E-state index contributed by atoms with van der Waals surface area (Å²) in [5.74, 6) is 0.411. The monoisotopic (exact) mass is 294 g/mol. The van der Waals surface area contributed by atoms with E-state index in [0.29, 0.717) is 31.2 Å². The van der Waals surface area contributed by atoms with Crippen molar-refractivity contribution in [2.45, 2.75) is 27.3 Å². The van der Waals surface area contributed by atoms with E-state index in [1.807, 2.05) is 6.92 Å². The number of hydrogen-bond acceptors (Lipinski definition) is 2. The topological polar surface area (TPSA) is 65.5 Å². The van der Waals surface area contributed by atoms with Crippen molar-refractivity contribution in [3.8, 4) is 0 Å². The molecule has 0 atom stereocenters. The number of carbonyl (C=O) groups is 1. The van der Waals surface area contributed by atoms with Gasteiger partial charge in [0.1, 0.15) is 5.82 Å². The van der Waals surface area contributed by atoms with Crippen molar-refractivity contribution in [1.29, 1.82) is 0 Å². The fourth-order valence-electron chi connectivity index (χ4n) is 1.74. The molecule has 1 aromatic rings. The first-order valence-corrected chi connectivity index (χ1v) is 7.04. The normalized spacial score (nSPS) is 11.1. The minimum Gasteiger partial charge on any atom is -0.357 e. The van der Waals surface area contributed by atoms with Crippen LogP contribution in [-0.4, -0.2) is 31.5 Å². The van der Waals surface area contributed by atoms with Crippen molar-refractivity contribution < 1.29 is 9.18 Å². The van der Waals surface area contributed by atoms with E-state index < -0.39 is 0 Å². The lowest BCUT2D eigenvalue weighted by molar-refractivity contribution is -0.118. The second kappa shape index (κ2) is 8.94. The van der Waals surface area contributed by atoms with Crippen LogP contribution in [0, 0.1) is 12.7 Å². The lowest BCUT2D eigenvalue weighted by Crippen LogP contribution is -2.41. The second-order valence-electron chi connectivity index (χ2n) is 4.69. The predicted molar refractivity (Wildman–Crippen MR) is 82.6 cm³/mol. The largest absolute Gasteiger partial charge is 0.357 e. The molecule has 21 heavy (non-hydrogen) atoms. The van der Waals surface area contributed by atoms with E-state index >= 15 is 0 Å². The van der Waals surface area contributed by atoms with Gasteiger partial charge in [-0.15, -0.1) is 0 Å². The molecule has 116 valence electrons. The summed E-state index contributed by atoms with van der Waals surface area (Å²) in [7, 11) is 0. The molecule has 6 heteroatoms. The van der Waals surface area contributed by atoms with E-state index in [2.05, 4.69) is 20.9 Å². The van der Waals surface area contributed by atoms with Crippen molar-refractivity contribution in [2.24, 2.45) is 4.99 Å². The molecule has 0 aliphatic carbocycles. The third-order valence-electron chi connectivity index (χ3n) is 2.78. The molecule has 0 aliphatic rings. The van der Waals surface area contributed by atoms with Crippen LogP contribution in [0.25, 0.3) is 0 Å². The van der Waals surface area contributed by atoms with E-state index in [-0.39, 0.29) is 11.7 Å². The predicted octanol–water partition coefficient (Wildman–Crippen LogP) is 1.33. The molecule has 3 N–H and O–H groups in total. The molecule has 0 spiro atoms. The fourth-order valence-corrected chi connectivity index (χ4v) is 1.74. The van der Waals surface area contributed by atoms with Gasteiger partial charge in [-0.05, 0) is 31.0 Å². The Kier molecular flexibility index (Phi) is 7.21. The highest BCUT2D eigenvalue weighted by Crippen LogP contribution is 2.09. The number of aryl methyl sites for hydroxylation is 1. The Hall–Kier alpha value is -2.11. The average Bonchev–Trinajstić information content (AvgIpc) is 2.44. The minimum absolute atomic E-state index is 0.0551. The van der Waals surface area contributed by atoms with Gasteiger partial charge < -0.3 is 16.0 Å². The fraction of sp³-hybridized carbons (Fsp3) is 0.467. The summed E-state index contributed by atoms with van der Waals surface area (Å²) in [6, 6.07) is 4.98. The summed E-state index contributed by atoms with van der Waals surface area (Å²) >= 11 is 0. The highest BCUT2D eigenvalue weighted by atomic mass is 19.1. The van der Waals surface area contributed by atoms with Crippen LogP contribution in [0.5, 0.6) is 0 Å².